The number of carbonyl (C=O) groups is 1. The number of nitrogens with zero attached hydrogens (tertiary/aromatic N) is 1. The highest BCUT2D eigenvalue weighted by Gasteiger charge is 2.15. The number of hydrogen-bond acceptors (Lipinski definition) is 4. The molecule has 3 N–H and O–H groups in total. The average molecular weight is 290 g/mol. The minimum atomic E-state index is -0.0704. The van der Waals surface area contributed by atoms with E-state index in [9.17, 15) is 4.79 Å². The van der Waals surface area contributed by atoms with Crippen LogP contribution in [0.4, 0.5) is 0 Å². The molecule has 1 aliphatic rings. The Bertz CT molecular complexity index is 377. The maximum Gasteiger partial charge on any atom is 0.270 e. The Morgan fingerprint density at radius 3 is 2.83 bits per heavy atom. The number of aromatic nitrogens is 1. The van der Waals surface area contributed by atoms with Crippen LogP contribution in [0.3, 0.4) is 0 Å². The number of thiazole rings is 1. The molecule has 1 fully saturated rings. The summed E-state index contributed by atoms with van der Waals surface area (Å²) >= 11 is 1.44. The van der Waals surface area contributed by atoms with Gasteiger partial charge in [-0.25, -0.2) is 4.98 Å². The van der Waals surface area contributed by atoms with Gasteiger partial charge in [0.25, 0.3) is 5.91 Å². The molecule has 2 rings (SSSR count). The van der Waals surface area contributed by atoms with Crippen LogP contribution >= 0.6 is 23.7 Å². The van der Waals surface area contributed by atoms with Crippen molar-refractivity contribution in [2.45, 2.75) is 38.6 Å². The van der Waals surface area contributed by atoms with E-state index >= 15 is 0 Å². The molecule has 0 unspecified atom stereocenters. The minimum absolute atomic E-state index is 0. The van der Waals surface area contributed by atoms with Crippen LogP contribution < -0.4 is 11.1 Å². The molecule has 1 heterocycles. The number of rotatable bonds is 5. The Labute approximate surface area is 118 Å². The average Bonchev–Trinajstić information content (AvgIpc) is 2.99. The molecule has 1 aromatic rings. The second-order valence-electron chi connectivity index (χ2n) is 4.53. The zero-order chi connectivity index (χ0) is 12.1. The summed E-state index contributed by atoms with van der Waals surface area (Å²) in [4.78, 5) is 15.9. The smallest absolute Gasteiger partial charge is 0.270 e. The van der Waals surface area contributed by atoms with Crippen molar-refractivity contribution >= 4 is 29.7 Å². The first-order valence-electron chi connectivity index (χ1n) is 6.22. The molecular weight excluding hydrogens is 270 g/mol. The SMILES string of the molecule is Cl.NCc1nc(C(=O)NCCC2CCCC2)cs1. The number of hydrogen-bond donors (Lipinski definition) is 2. The molecule has 0 atom stereocenters. The minimum Gasteiger partial charge on any atom is -0.351 e. The zero-order valence-electron chi connectivity index (χ0n) is 10.4. The Balaban J connectivity index is 0.00000162. The molecule has 0 spiro atoms. The predicted octanol–water partition coefficient (Wildman–Crippen LogP) is 2.33. The molecular formula is C12H20ClN3OS. The van der Waals surface area contributed by atoms with Crippen molar-refractivity contribution in [3.8, 4) is 0 Å². The highest BCUT2D eigenvalue weighted by atomic mass is 35.5. The van der Waals surface area contributed by atoms with E-state index in [-0.39, 0.29) is 18.3 Å². The van der Waals surface area contributed by atoms with Gasteiger partial charge in [-0.1, -0.05) is 25.7 Å². The van der Waals surface area contributed by atoms with E-state index in [4.69, 9.17) is 5.73 Å². The first-order valence-corrected chi connectivity index (χ1v) is 7.10. The summed E-state index contributed by atoms with van der Waals surface area (Å²) in [5.41, 5.74) is 5.96. The van der Waals surface area contributed by atoms with Gasteiger partial charge < -0.3 is 11.1 Å². The van der Waals surface area contributed by atoms with Gasteiger partial charge in [0.1, 0.15) is 10.7 Å². The van der Waals surface area contributed by atoms with Gasteiger partial charge in [0.05, 0.1) is 0 Å². The third-order valence-electron chi connectivity index (χ3n) is 3.27. The molecule has 1 aromatic heterocycles. The molecule has 0 aliphatic heterocycles. The summed E-state index contributed by atoms with van der Waals surface area (Å²) in [7, 11) is 0. The number of carbonyl (C=O) groups excluding carboxylic acids is 1. The Morgan fingerprint density at radius 1 is 1.50 bits per heavy atom. The topological polar surface area (TPSA) is 68.0 Å². The lowest BCUT2D eigenvalue weighted by Gasteiger charge is -2.08. The van der Waals surface area contributed by atoms with E-state index in [0.717, 1.165) is 23.9 Å². The van der Waals surface area contributed by atoms with Gasteiger partial charge in [-0.3, -0.25) is 4.79 Å². The van der Waals surface area contributed by atoms with Crippen LogP contribution in [-0.2, 0) is 6.54 Å². The van der Waals surface area contributed by atoms with E-state index in [1.165, 1.54) is 37.0 Å². The van der Waals surface area contributed by atoms with Gasteiger partial charge in [-0.05, 0) is 12.3 Å². The van der Waals surface area contributed by atoms with Gasteiger partial charge in [0, 0.05) is 18.5 Å². The normalized spacial score (nSPS) is 15.4. The fraction of sp³-hybridized carbons (Fsp3) is 0.667. The largest absolute Gasteiger partial charge is 0.351 e. The maximum atomic E-state index is 11.7. The van der Waals surface area contributed by atoms with Crippen LogP contribution in [0.2, 0.25) is 0 Å². The van der Waals surface area contributed by atoms with E-state index in [2.05, 4.69) is 10.3 Å². The van der Waals surface area contributed by atoms with Gasteiger partial charge in [-0.2, -0.15) is 0 Å². The molecule has 4 nitrogen and oxygen atoms in total. The number of amides is 1. The first-order chi connectivity index (χ1) is 8.29. The lowest BCUT2D eigenvalue weighted by Crippen LogP contribution is -2.26. The lowest BCUT2D eigenvalue weighted by molar-refractivity contribution is 0.0947. The summed E-state index contributed by atoms with van der Waals surface area (Å²) in [6.45, 7) is 1.17. The van der Waals surface area contributed by atoms with Gasteiger partial charge >= 0.3 is 0 Å². The van der Waals surface area contributed by atoms with Crippen molar-refractivity contribution in [1.29, 1.82) is 0 Å². The predicted molar refractivity (Wildman–Crippen MR) is 76.2 cm³/mol. The number of nitrogens with two attached hydrogens (primary N) is 1. The monoisotopic (exact) mass is 289 g/mol. The van der Waals surface area contributed by atoms with Crippen molar-refractivity contribution in [3.05, 3.63) is 16.1 Å². The fourth-order valence-corrected chi connectivity index (χ4v) is 2.94. The molecule has 0 radical (unpaired) electrons. The number of nitrogens with one attached hydrogen (secondary N) is 1. The van der Waals surface area contributed by atoms with Crippen molar-refractivity contribution in [1.82, 2.24) is 10.3 Å². The molecule has 1 aliphatic carbocycles. The molecule has 0 bridgehead atoms. The van der Waals surface area contributed by atoms with Crippen LogP contribution in [0.1, 0.15) is 47.6 Å². The summed E-state index contributed by atoms with van der Waals surface area (Å²) in [6, 6.07) is 0. The zero-order valence-corrected chi connectivity index (χ0v) is 12.0. The van der Waals surface area contributed by atoms with Crippen LogP contribution in [0.25, 0.3) is 0 Å². The van der Waals surface area contributed by atoms with Crippen molar-refractivity contribution in [2.24, 2.45) is 11.7 Å². The highest BCUT2D eigenvalue weighted by molar-refractivity contribution is 7.09. The van der Waals surface area contributed by atoms with Crippen LogP contribution in [0.15, 0.2) is 5.38 Å². The lowest BCUT2D eigenvalue weighted by atomic mass is 10.0. The van der Waals surface area contributed by atoms with E-state index < -0.39 is 0 Å². The maximum absolute atomic E-state index is 11.7. The molecule has 1 amide bonds. The fourth-order valence-electron chi connectivity index (χ4n) is 2.29. The summed E-state index contributed by atoms with van der Waals surface area (Å²) in [6.07, 6.45) is 6.45. The Morgan fingerprint density at radius 2 is 2.22 bits per heavy atom. The summed E-state index contributed by atoms with van der Waals surface area (Å²) < 4.78 is 0. The van der Waals surface area contributed by atoms with Crippen LogP contribution in [-0.4, -0.2) is 17.4 Å². The van der Waals surface area contributed by atoms with E-state index in [1.807, 2.05) is 0 Å². The van der Waals surface area contributed by atoms with Crippen LogP contribution in [0, 0.1) is 5.92 Å². The molecule has 0 aromatic carbocycles. The van der Waals surface area contributed by atoms with Gasteiger partial charge in [0.2, 0.25) is 0 Å². The van der Waals surface area contributed by atoms with Crippen molar-refractivity contribution in [2.75, 3.05) is 6.54 Å². The third-order valence-corrected chi connectivity index (χ3v) is 4.14. The van der Waals surface area contributed by atoms with Gasteiger partial charge in [-0.15, -0.1) is 23.7 Å². The Hall–Kier alpha value is -0.650. The van der Waals surface area contributed by atoms with Gasteiger partial charge in [0.15, 0.2) is 0 Å². The molecule has 18 heavy (non-hydrogen) atoms. The quantitative estimate of drug-likeness (QED) is 0.874. The first kappa shape index (κ1) is 15.4. The second kappa shape index (κ2) is 7.71. The summed E-state index contributed by atoms with van der Waals surface area (Å²) in [5.74, 6) is 0.740. The van der Waals surface area contributed by atoms with Crippen molar-refractivity contribution in [3.63, 3.8) is 0 Å². The highest BCUT2D eigenvalue weighted by Crippen LogP contribution is 2.26. The molecule has 1 saturated carbocycles. The third kappa shape index (κ3) is 4.23. The Kier molecular flexibility index (Phi) is 6.60. The molecule has 6 heteroatoms. The van der Waals surface area contributed by atoms with Crippen LogP contribution in [0.5, 0.6) is 0 Å². The summed E-state index contributed by atoms with van der Waals surface area (Å²) in [5, 5.41) is 5.51. The molecule has 0 saturated heterocycles. The number of halogens is 1. The molecule has 102 valence electrons. The van der Waals surface area contributed by atoms with E-state index in [0.29, 0.717) is 12.2 Å². The standard InChI is InChI=1S/C12H19N3OS.ClH/c13-7-11-15-10(8-17-11)12(16)14-6-5-9-3-1-2-4-9;/h8-9H,1-7,13H2,(H,14,16);1H. The van der Waals surface area contributed by atoms with Crippen molar-refractivity contribution < 1.29 is 4.79 Å². The second-order valence-corrected chi connectivity index (χ2v) is 5.47. The van der Waals surface area contributed by atoms with E-state index in [1.54, 1.807) is 5.38 Å².